The maximum Gasteiger partial charge on any atom is 0.260 e. The quantitative estimate of drug-likeness (QED) is 0.812. The van der Waals surface area contributed by atoms with Crippen LogP contribution in [0.25, 0.3) is 10.8 Å². The Morgan fingerprint density at radius 2 is 1.59 bits per heavy atom. The summed E-state index contributed by atoms with van der Waals surface area (Å²) >= 11 is 0. The number of benzene rings is 2. The van der Waals surface area contributed by atoms with Gasteiger partial charge < -0.3 is 14.5 Å². The van der Waals surface area contributed by atoms with Gasteiger partial charge >= 0.3 is 0 Å². The Morgan fingerprint density at radius 3 is 2.26 bits per heavy atom. The average Bonchev–Trinajstić information content (AvgIpc) is 2.70. The van der Waals surface area contributed by atoms with Crippen molar-refractivity contribution >= 4 is 22.6 Å². The van der Waals surface area contributed by atoms with E-state index in [-0.39, 0.29) is 30.5 Å². The third kappa shape index (κ3) is 4.24. The highest BCUT2D eigenvalue weighted by molar-refractivity contribution is 5.84. The van der Waals surface area contributed by atoms with Crippen molar-refractivity contribution in [3.8, 4) is 5.75 Å². The molecule has 5 nitrogen and oxygen atoms in total. The molecule has 1 fully saturated rings. The van der Waals surface area contributed by atoms with Gasteiger partial charge in [0.1, 0.15) is 5.75 Å². The summed E-state index contributed by atoms with van der Waals surface area (Å²) in [6.45, 7) is 6.92. The van der Waals surface area contributed by atoms with Gasteiger partial charge in [-0.15, -0.1) is 0 Å². The first-order chi connectivity index (χ1) is 13.0. The Kier molecular flexibility index (Phi) is 5.99. The van der Waals surface area contributed by atoms with Crippen molar-refractivity contribution in [3.05, 3.63) is 42.5 Å². The molecule has 1 aliphatic heterocycles. The third-order valence-corrected chi connectivity index (χ3v) is 5.45. The lowest BCUT2D eigenvalue weighted by molar-refractivity contribution is -0.147. The fraction of sp³-hybridized carbons (Fsp3) is 0.455. The van der Waals surface area contributed by atoms with Crippen LogP contribution in [0, 0.1) is 0 Å². The zero-order valence-corrected chi connectivity index (χ0v) is 16.4. The number of amides is 2. The lowest BCUT2D eigenvalue weighted by Crippen LogP contribution is -2.61. The van der Waals surface area contributed by atoms with Gasteiger partial charge in [-0.3, -0.25) is 9.59 Å². The van der Waals surface area contributed by atoms with Crippen LogP contribution in [0.15, 0.2) is 42.5 Å². The van der Waals surface area contributed by atoms with Gasteiger partial charge in [0.15, 0.2) is 6.61 Å². The van der Waals surface area contributed by atoms with Crippen molar-refractivity contribution in [2.75, 3.05) is 19.7 Å². The average molecular weight is 368 g/mol. The molecule has 144 valence electrons. The molecule has 3 rings (SSSR count). The molecule has 1 heterocycles. The Morgan fingerprint density at radius 1 is 0.963 bits per heavy atom. The molecule has 0 spiro atoms. The predicted molar refractivity (Wildman–Crippen MR) is 107 cm³/mol. The molecule has 1 aliphatic rings. The SMILES string of the molecule is CC[C@H]1CN(C(=O)COc2ccc3ccccc3c2)[C@@H](CC)CN1C(C)=O. The first kappa shape index (κ1) is 19.2. The summed E-state index contributed by atoms with van der Waals surface area (Å²) in [5.41, 5.74) is 0. The molecule has 2 atom stereocenters. The van der Waals surface area contributed by atoms with E-state index in [1.807, 2.05) is 46.2 Å². The van der Waals surface area contributed by atoms with Crippen LogP contribution in [0.5, 0.6) is 5.75 Å². The van der Waals surface area contributed by atoms with Crippen LogP contribution in [0.2, 0.25) is 0 Å². The van der Waals surface area contributed by atoms with Crippen molar-refractivity contribution in [3.63, 3.8) is 0 Å². The standard InChI is InChI=1S/C22H28N2O3/c1-4-19-14-24(20(5-2)13-23(19)16(3)25)22(26)15-27-21-11-10-17-8-6-7-9-18(17)12-21/h6-12,19-20H,4-5,13-15H2,1-3H3/t19-,20-/m0/s1. The van der Waals surface area contributed by atoms with Crippen molar-refractivity contribution < 1.29 is 14.3 Å². The molecule has 0 aromatic heterocycles. The van der Waals surface area contributed by atoms with Gasteiger partial charge in [-0.2, -0.15) is 0 Å². The van der Waals surface area contributed by atoms with Gasteiger partial charge in [0.2, 0.25) is 5.91 Å². The van der Waals surface area contributed by atoms with E-state index >= 15 is 0 Å². The zero-order valence-electron chi connectivity index (χ0n) is 16.4. The van der Waals surface area contributed by atoms with E-state index in [1.54, 1.807) is 6.92 Å². The van der Waals surface area contributed by atoms with Crippen LogP contribution >= 0.6 is 0 Å². The summed E-state index contributed by atoms with van der Waals surface area (Å²) in [6.07, 6.45) is 1.66. The monoisotopic (exact) mass is 368 g/mol. The topological polar surface area (TPSA) is 49.9 Å². The van der Waals surface area contributed by atoms with E-state index in [2.05, 4.69) is 19.9 Å². The Bertz CT molecular complexity index is 820. The molecule has 0 bridgehead atoms. The number of nitrogens with zero attached hydrogens (tertiary/aromatic N) is 2. The van der Waals surface area contributed by atoms with Crippen molar-refractivity contribution in [1.82, 2.24) is 9.80 Å². The van der Waals surface area contributed by atoms with E-state index in [9.17, 15) is 9.59 Å². The molecule has 0 aliphatic carbocycles. The highest BCUT2D eigenvalue weighted by Crippen LogP contribution is 2.22. The summed E-state index contributed by atoms with van der Waals surface area (Å²) < 4.78 is 5.79. The summed E-state index contributed by atoms with van der Waals surface area (Å²) in [5, 5.41) is 2.24. The number of piperazine rings is 1. The normalized spacial score (nSPS) is 20.0. The van der Waals surface area contributed by atoms with E-state index in [1.165, 1.54) is 0 Å². The first-order valence-corrected chi connectivity index (χ1v) is 9.71. The summed E-state index contributed by atoms with van der Waals surface area (Å²) in [6, 6.07) is 14.1. The number of carbonyl (C=O) groups is 2. The Hall–Kier alpha value is -2.56. The van der Waals surface area contributed by atoms with Crippen LogP contribution in [0.4, 0.5) is 0 Å². The molecule has 27 heavy (non-hydrogen) atoms. The summed E-state index contributed by atoms with van der Waals surface area (Å²) in [4.78, 5) is 28.6. The molecule has 0 unspecified atom stereocenters. The molecule has 0 N–H and O–H groups in total. The first-order valence-electron chi connectivity index (χ1n) is 9.71. The number of hydrogen-bond donors (Lipinski definition) is 0. The second-order valence-corrected chi connectivity index (χ2v) is 7.14. The molecule has 5 heteroatoms. The molecule has 0 radical (unpaired) electrons. The van der Waals surface area contributed by atoms with Gasteiger partial charge in [-0.05, 0) is 35.7 Å². The summed E-state index contributed by atoms with van der Waals surface area (Å²) in [5.74, 6) is 0.765. The minimum Gasteiger partial charge on any atom is -0.484 e. The third-order valence-electron chi connectivity index (χ3n) is 5.45. The molecule has 2 aromatic rings. The van der Waals surface area contributed by atoms with Gasteiger partial charge in [-0.25, -0.2) is 0 Å². The largest absolute Gasteiger partial charge is 0.484 e. The number of rotatable bonds is 5. The van der Waals surface area contributed by atoms with Crippen LogP contribution in [-0.4, -0.2) is 53.4 Å². The van der Waals surface area contributed by atoms with Gasteiger partial charge in [0, 0.05) is 32.1 Å². The van der Waals surface area contributed by atoms with E-state index in [0.717, 1.165) is 23.6 Å². The number of hydrogen-bond acceptors (Lipinski definition) is 3. The fourth-order valence-corrected chi connectivity index (χ4v) is 3.82. The van der Waals surface area contributed by atoms with E-state index in [4.69, 9.17) is 4.74 Å². The number of fused-ring (bicyclic) bond motifs is 1. The van der Waals surface area contributed by atoms with Crippen LogP contribution in [0.1, 0.15) is 33.6 Å². The molecular formula is C22H28N2O3. The number of carbonyl (C=O) groups excluding carboxylic acids is 2. The minimum atomic E-state index is -0.0170. The lowest BCUT2D eigenvalue weighted by Gasteiger charge is -2.45. The van der Waals surface area contributed by atoms with Crippen LogP contribution < -0.4 is 4.74 Å². The van der Waals surface area contributed by atoms with Crippen molar-refractivity contribution in [1.29, 1.82) is 0 Å². The van der Waals surface area contributed by atoms with Crippen LogP contribution in [0.3, 0.4) is 0 Å². The van der Waals surface area contributed by atoms with Gasteiger partial charge in [-0.1, -0.05) is 44.2 Å². The predicted octanol–water partition coefficient (Wildman–Crippen LogP) is 3.47. The number of ether oxygens (including phenoxy) is 1. The van der Waals surface area contributed by atoms with Gasteiger partial charge in [0.25, 0.3) is 5.91 Å². The second kappa shape index (κ2) is 8.42. The molecule has 1 saturated heterocycles. The maximum absolute atomic E-state index is 12.8. The van der Waals surface area contributed by atoms with Crippen molar-refractivity contribution in [2.24, 2.45) is 0 Å². The lowest BCUT2D eigenvalue weighted by atomic mass is 10.0. The highest BCUT2D eigenvalue weighted by atomic mass is 16.5. The second-order valence-electron chi connectivity index (χ2n) is 7.14. The molecular weight excluding hydrogens is 340 g/mol. The van der Waals surface area contributed by atoms with Crippen molar-refractivity contribution in [2.45, 2.75) is 45.7 Å². The van der Waals surface area contributed by atoms with Gasteiger partial charge in [0.05, 0.1) is 0 Å². The Balaban J connectivity index is 1.67. The molecule has 2 amide bonds. The Labute approximate surface area is 160 Å². The maximum atomic E-state index is 12.8. The summed E-state index contributed by atoms with van der Waals surface area (Å²) in [7, 11) is 0. The zero-order chi connectivity index (χ0) is 19.4. The molecule has 2 aromatic carbocycles. The fourth-order valence-electron chi connectivity index (χ4n) is 3.82. The molecule has 0 saturated carbocycles. The smallest absolute Gasteiger partial charge is 0.260 e. The van der Waals surface area contributed by atoms with E-state index < -0.39 is 0 Å². The highest BCUT2D eigenvalue weighted by Gasteiger charge is 2.35. The van der Waals surface area contributed by atoms with Crippen LogP contribution in [-0.2, 0) is 9.59 Å². The van der Waals surface area contributed by atoms with E-state index in [0.29, 0.717) is 18.8 Å². The minimum absolute atomic E-state index is 0.0170.